The molecule has 0 saturated carbocycles. The van der Waals surface area contributed by atoms with E-state index in [2.05, 4.69) is 10.4 Å². The highest BCUT2D eigenvalue weighted by Gasteiger charge is 2.18. The molecule has 1 aromatic rings. The van der Waals surface area contributed by atoms with Crippen LogP contribution >= 0.6 is 0 Å². The zero-order valence-corrected chi connectivity index (χ0v) is 12.9. The number of carbonyl (C=O) groups excluding carboxylic acids is 1. The van der Waals surface area contributed by atoms with Crippen LogP contribution < -0.4 is 5.32 Å². The normalized spacial score (nSPS) is 11.2. The Bertz CT molecular complexity index is 505. The fourth-order valence-electron chi connectivity index (χ4n) is 1.82. The molecule has 0 fully saturated rings. The second-order valence-corrected chi connectivity index (χ2v) is 5.74. The smallest absolute Gasteiger partial charge is 0.407 e. The molecule has 1 rings (SSSR count). The number of rotatable bonds is 6. The lowest BCUT2D eigenvalue weighted by atomic mass is 10.2. The minimum absolute atomic E-state index is 0.0394. The summed E-state index contributed by atoms with van der Waals surface area (Å²) in [4.78, 5) is 21.8. The van der Waals surface area contributed by atoms with Gasteiger partial charge in [0.05, 0.1) is 4.92 Å². The lowest BCUT2D eigenvalue weighted by Gasteiger charge is -2.19. The minimum atomic E-state index is -0.514. The molecule has 0 aliphatic carbocycles. The Balaban J connectivity index is 2.31. The maximum atomic E-state index is 11.4. The molecule has 0 radical (unpaired) electrons. The van der Waals surface area contributed by atoms with E-state index >= 15 is 0 Å². The summed E-state index contributed by atoms with van der Waals surface area (Å²) in [6.07, 6.45) is 2.78. The van der Waals surface area contributed by atoms with Crippen LogP contribution in [0.15, 0.2) is 6.20 Å². The molecule has 8 heteroatoms. The predicted octanol–water partition coefficient (Wildman–Crippen LogP) is 2.18. The van der Waals surface area contributed by atoms with Gasteiger partial charge < -0.3 is 10.1 Å². The number of nitrogens with zero attached hydrogens (tertiary/aromatic N) is 3. The molecule has 1 N–H and O–H groups in total. The van der Waals surface area contributed by atoms with Crippen molar-refractivity contribution in [2.75, 3.05) is 6.54 Å². The van der Waals surface area contributed by atoms with Crippen LogP contribution in [-0.4, -0.2) is 32.9 Å². The Morgan fingerprint density at radius 3 is 2.71 bits per heavy atom. The number of unbranched alkanes of at least 4 members (excludes halogenated alkanes) is 1. The average Bonchev–Trinajstić information content (AvgIpc) is 2.68. The summed E-state index contributed by atoms with van der Waals surface area (Å²) >= 11 is 0. The third kappa shape index (κ3) is 5.80. The summed E-state index contributed by atoms with van der Waals surface area (Å²) in [5, 5.41) is 17.4. The molecular formula is C13H22N4O4. The monoisotopic (exact) mass is 298 g/mol. The fraction of sp³-hybridized carbons (Fsp3) is 0.692. The molecule has 0 aliphatic rings. The predicted molar refractivity (Wildman–Crippen MR) is 77.0 cm³/mol. The van der Waals surface area contributed by atoms with Crippen molar-refractivity contribution < 1.29 is 14.5 Å². The van der Waals surface area contributed by atoms with Crippen LogP contribution in [0.25, 0.3) is 0 Å². The van der Waals surface area contributed by atoms with E-state index in [1.165, 1.54) is 10.9 Å². The Kier molecular flexibility index (Phi) is 5.69. The number of ether oxygens (including phenoxy) is 1. The molecule has 1 heterocycles. The number of aromatic nitrogens is 2. The van der Waals surface area contributed by atoms with Gasteiger partial charge in [-0.2, -0.15) is 5.10 Å². The maximum Gasteiger partial charge on any atom is 0.407 e. The van der Waals surface area contributed by atoms with Gasteiger partial charge in [0.1, 0.15) is 17.5 Å². The lowest BCUT2D eigenvalue weighted by Crippen LogP contribution is -2.33. The molecule has 1 aromatic heterocycles. The topological polar surface area (TPSA) is 99.3 Å². The standard InChI is InChI=1S/C13H22N4O4/c1-13(2,3)21-12(18)14-8-6-5-7-10-11(17(19)20)9-15-16(10)4/h9H,5-8H2,1-4H3,(H,14,18). The molecule has 0 aromatic carbocycles. The fourth-order valence-corrected chi connectivity index (χ4v) is 1.82. The first-order valence-electron chi connectivity index (χ1n) is 6.83. The van der Waals surface area contributed by atoms with Crippen molar-refractivity contribution in [3.05, 3.63) is 22.0 Å². The van der Waals surface area contributed by atoms with Crippen molar-refractivity contribution in [2.24, 2.45) is 7.05 Å². The zero-order chi connectivity index (χ0) is 16.0. The number of nitrogens with one attached hydrogen (secondary N) is 1. The van der Waals surface area contributed by atoms with Crippen molar-refractivity contribution in [3.8, 4) is 0 Å². The third-order valence-electron chi connectivity index (χ3n) is 2.74. The van der Waals surface area contributed by atoms with Crippen molar-refractivity contribution in [3.63, 3.8) is 0 Å². The van der Waals surface area contributed by atoms with E-state index in [1.54, 1.807) is 27.8 Å². The van der Waals surface area contributed by atoms with E-state index in [9.17, 15) is 14.9 Å². The molecule has 0 unspecified atom stereocenters. The van der Waals surface area contributed by atoms with Crippen LogP contribution in [-0.2, 0) is 18.2 Å². The largest absolute Gasteiger partial charge is 0.444 e. The highest BCUT2D eigenvalue weighted by atomic mass is 16.6. The van der Waals surface area contributed by atoms with Gasteiger partial charge in [0.25, 0.3) is 0 Å². The van der Waals surface area contributed by atoms with Gasteiger partial charge in [-0.05, 0) is 40.0 Å². The molecule has 0 saturated heterocycles. The molecule has 118 valence electrons. The van der Waals surface area contributed by atoms with Gasteiger partial charge in [-0.15, -0.1) is 0 Å². The average molecular weight is 298 g/mol. The highest BCUT2D eigenvalue weighted by molar-refractivity contribution is 5.67. The van der Waals surface area contributed by atoms with Crippen LogP contribution in [0, 0.1) is 10.1 Å². The molecule has 8 nitrogen and oxygen atoms in total. The molecule has 0 atom stereocenters. The molecule has 1 amide bonds. The molecular weight excluding hydrogens is 276 g/mol. The SMILES string of the molecule is Cn1ncc([N+](=O)[O-])c1CCCCNC(=O)OC(C)(C)C. The summed E-state index contributed by atoms with van der Waals surface area (Å²) in [5.41, 5.74) is 0.120. The van der Waals surface area contributed by atoms with Gasteiger partial charge in [-0.25, -0.2) is 4.79 Å². The Labute approximate surface area is 123 Å². The first-order chi connectivity index (χ1) is 9.70. The second-order valence-electron chi connectivity index (χ2n) is 5.74. The van der Waals surface area contributed by atoms with Gasteiger partial charge in [0, 0.05) is 13.6 Å². The summed E-state index contributed by atoms with van der Waals surface area (Å²) in [5.74, 6) is 0. The van der Waals surface area contributed by atoms with Crippen LogP contribution in [0.2, 0.25) is 0 Å². The number of amides is 1. The van der Waals surface area contributed by atoms with Gasteiger partial charge >= 0.3 is 11.8 Å². The number of nitro groups is 1. The van der Waals surface area contributed by atoms with E-state index < -0.39 is 16.6 Å². The van der Waals surface area contributed by atoms with E-state index in [0.29, 0.717) is 25.1 Å². The number of hydrogen-bond acceptors (Lipinski definition) is 5. The van der Waals surface area contributed by atoms with Crippen LogP contribution in [0.3, 0.4) is 0 Å². The van der Waals surface area contributed by atoms with Gasteiger partial charge in [0.2, 0.25) is 0 Å². The summed E-state index contributed by atoms with van der Waals surface area (Å²) in [6, 6.07) is 0. The molecule has 0 spiro atoms. The van der Waals surface area contributed by atoms with Gasteiger partial charge in [-0.1, -0.05) is 0 Å². The van der Waals surface area contributed by atoms with Gasteiger partial charge in [0.15, 0.2) is 0 Å². The number of hydrogen-bond donors (Lipinski definition) is 1. The van der Waals surface area contributed by atoms with Crippen molar-refractivity contribution in [1.29, 1.82) is 0 Å². The van der Waals surface area contributed by atoms with E-state index in [0.717, 1.165) is 6.42 Å². The number of alkyl carbamates (subject to hydrolysis) is 1. The number of carbonyl (C=O) groups is 1. The third-order valence-corrected chi connectivity index (χ3v) is 2.74. The summed E-state index contributed by atoms with van der Waals surface area (Å²) in [6.45, 7) is 5.87. The summed E-state index contributed by atoms with van der Waals surface area (Å²) < 4.78 is 6.62. The molecule has 0 aliphatic heterocycles. The molecule has 0 bridgehead atoms. The highest BCUT2D eigenvalue weighted by Crippen LogP contribution is 2.18. The second kappa shape index (κ2) is 7.05. The zero-order valence-electron chi connectivity index (χ0n) is 12.9. The van der Waals surface area contributed by atoms with Crippen LogP contribution in [0.1, 0.15) is 39.3 Å². The van der Waals surface area contributed by atoms with E-state index in [-0.39, 0.29) is 5.69 Å². The Morgan fingerprint density at radius 2 is 2.14 bits per heavy atom. The van der Waals surface area contributed by atoms with E-state index in [4.69, 9.17) is 4.74 Å². The van der Waals surface area contributed by atoms with Crippen molar-refractivity contribution in [2.45, 2.75) is 45.6 Å². The molecule has 21 heavy (non-hydrogen) atoms. The first-order valence-corrected chi connectivity index (χ1v) is 6.83. The van der Waals surface area contributed by atoms with Crippen LogP contribution in [0.5, 0.6) is 0 Å². The quantitative estimate of drug-likeness (QED) is 0.493. The Hall–Kier alpha value is -2.12. The maximum absolute atomic E-state index is 11.4. The van der Waals surface area contributed by atoms with Crippen LogP contribution in [0.4, 0.5) is 10.5 Å². The summed E-state index contributed by atoms with van der Waals surface area (Å²) in [7, 11) is 1.68. The van der Waals surface area contributed by atoms with Crippen molar-refractivity contribution in [1.82, 2.24) is 15.1 Å². The lowest BCUT2D eigenvalue weighted by molar-refractivity contribution is -0.385. The first kappa shape index (κ1) is 16.9. The minimum Gasteiger partial charge on any atom is -0.444 e. The van der Waals surface area contributed by atoms with Gasteiger partial charge in [-0.3, -0.25) is 14.8 Å². The van der Waals surface area contributed by atoms with E-state index in [1.807, 2.05) is 0 Å². The number of aryl methyl sites for hydroxylation is 1. The van der Waals surface area contributed by atoms with Crippen molar-refractivity contribution >= 4 is 11.8 Å². The Morgan fingerprint density at radius 1 is 1.48 bits per heavy atom.